The van der Waals surface area contributed by atoms with Crippen LogP contribution in [-0.2, 0) is 0 Å². The molecular weight excluding hydrogens is 258 g/mol. The minimum atomic E-state index is -0.523. The Hall–Kier alpha value is -2.31. The lowest BCUT2D eigenvalue weighted by Crippen LogP contribution is -2.08. The van der Waals surface area contributed by atoms with Crippen LogP contribution >= 0.6 is 0 Å². The van der Waals surface area contributed by atoms with Crippen LogP contribution in [0.15, 0.2) is 18.3 Å². The number of hydrogen-bond donors (Lipinski definition) is 0. The SMILES string of the molecule is CC(C)c1cc(-n2ccc([N+](=O)[O-])n2)nc(C(C)C)n1. The van der Waals surface area contributed by atoms with Crippen LogP contribution < -0.4 is 0 Å². The fourth-order valence-corrected chi connectivity index (χ4v) is 1.68. The summed E-state index contributed by atoms with van der Waals surface area (Å²) in [4.78, 5) is 19.1. The van der Waals surface area contributed by atoms with Gasteiger partial charge in [-0.25, -0.2) is 9.97 Å². The van der Waals surface area contributed by atoms with Gasteiger partial charge < -0.3 is 10.1 Å². The molecule has 2 rings (SSSR count). The largest absolute Gasteiger partial charge is 0.390 e. The number of aromatic nitrogens is 4. The van der Waals surface area contributed by atoms with Crippen LogP contribution in [-0.4, -0.2) is 24.7 Å². The lowest BCUT2D eigenvalue weighted by atomic mass is 10.1. The minimum absolute atomic E-state index is 0.179. The highest BCUT2D eigenvalue weighted by Crippen LogP contribution is 2.19. The van der Waals surface area contributed by atoms with Crippen molar-refractivity contribution in [2.75, 3.05) is 0 Å². The summed E-state index contributed by atoms with van der Waals surface area (Å²) in [7, 11) is 0. The maximum Gasteiger partial charge on any atom is 0.390 e. The van der Waals surface area contributed by atoms with Crippen LogP contribution in [0.2, 0.25) is 0 Å². The third-order valence-electron chi connectivity index (χ3n) is 2.85. The summed E-state index contributed by atoms with van der Waals surface area (Å²) in [6.45, 7) is 8.10. The number of nitrogens with zero attached hydrogens (tertiary/aromatic N) is 5. The molecule has 0 bridgehead atoms. The Labute approximate surface area is 116 Å². The van der Waals surface area contributed by atoms with E-state index in [1.54, 1.807) is 0 Å². The van der Waals surface area contributed by atoms with E-state index in [0.717, 1.165) is 5.69 Å². The Morgan fingerprint density at radius 2 is 1.90 bits per heavy atom. The van der Waals surface area contributed by atoms with Crippen molar-refractivity contribution in [3.05, 3.63) is 40.0 Å². The molecule has 20 heavy (non-hydrogen) atoms. The lowest BCUT2D eigenvalue weighted by Gasteiger charge is -2.10. The molecule has 2 aromatic rings. The first-order valence-electron chi connectivity index (χ1n) is 6.47. The van der Waals surface area contributed by atoms with Crippen molar-refractivity contribution in [2.45, 2.75) is 39.5 Å². The van der Waals surface area contributed by atoms with Crippen LogP contribution in [0.3, 0.4) is 0 Å². The summed E-state index contributed by atoms with van der Waals surface area (Å²) < 4.78 is 1.41. The summed E-state index contributed by atoms with van der Waals surface area (Å²) in [5.74, 6) is 1.50. The third-order valence-corrected chi connectivity index (χ3v) is 2.85. The van der Waals surface area contributed by atoms with Gasteiger partial charge in [0.2, 0.25) is 0 Å². The molecular formula is C13H17N5O2. The summed E-state index contributed by atoms with van der Waals surface area (Å²) in [6, 6.07) is 3.17. The zero-order valence-corrected chi connectivity index (χ0v) is 11.9. The van der Waals surface area contributed by atoms with Crippen molar-refractivity contribution < 1.29 is 4.92 Å². The smallest absolute Gasteiger partial charge is 0.358 e. The molecule has 7 nitrogen and oxygen atoms in total. The van der Waals surface area contributed by atoms with Crippen molar-refractivity contribution >= 4 is 5.82 Å². The molecule has 0 spiro atoms. The quantitative estimate of drug-likeness (QED) is 0.632. The molecule has 2 aromatic heterocycles. The van der Waals surface area contributed by atoms with E-state index in [0.29, 0.717) is 11.6 Å². The summed E-state index contributed by atoms with van der Waals surface area (Å²) in [5, 5.41) is 14.6. The number of hydrogen-bond acceptors (Lipinski definition) is 5. The van der Waals surface area contributed by atoms with Gasteiger partial charge in [0.25, 0.3) is 0 Å². The first-order valence-corrected chi connectivity index (χ1v) is 6.47. The Bertz CT molecular complexity index is 607. The van der Waals surface area contributed by atoms with Gasteiger partial charge in [0.05, 0.1) is 17.4 Å². The lowest BCUT2D eigenvalue weighted by molar-refractivity contribution is -0.389. The van der Waals surface area contributed by atoms with Crippen molar-refractivity contribution in [2.24, 2.45) is 0 Å². The molecule has 0 N–H and O–H groups in total. The van der Waals surface area contributed by atoms with Crippen LogP contribution in [0, 0.1) is 10.1 Å². The molecule has 0 aliphatic heterocycles. The average molecular weight is 275 g/mol. The van der Waals surface area contributed by atoms with Gasteiger partial charge in [-0.05, 0) is 10.8 Å². The second kappa shape index (κ2) is 5.36. The highest BCUT2D eigenvalue weighted by molar-refractivity contribution is 5.29. The Balaban J connectivity index is 2.51. The van der Waals surface area contributed by atoms with E-state index in [1.165, 1.54) is 16.9 Å². The monoisotopic (exact) mass is 275 g/mol. The zero-order chi connectivity index (χ0) is 14.9. The van der Waals surface area contributed by atoms with Gasteiger partial charge in [0.1, 0.15) is 5.82 Å². The molecule has 106 valence electrons. The Morgan fingerprint density at radius 3 is 2.40 bits per heavy atom. The van der Waals surface area contributed by atoms with Crippen molar-refractivity contribution in [3.8, 4) is 5.82 Å². The molecule has 0 aliphatic carbocycles. The van der Waals surface area contributed by atoms with Crippen molar-refractivity contribution in [1.29, 1.82) is 0 Å². The Kier molecular flexibility index (Phi) is 3.78. The van der Waals surface area contributed by atoms with E-state index in [1.807, 2.05) is 33.8 Å². The highest BCUT2D eigenvalue weighted by Gasteiger charge is 2.16. The van der Waals surface area contributed by atoms with E-state index < -0.39 is 4.92 Å². The molecule has 2 heterocycles. The van der Waals surface area contributed by atoms with E-state index in [4.69, 9.17) is 0 Å². The van der Waals surface area contributed by atoms with E-state index in [-0.39, 0.29) is 17.7 Å². The predicted octanol–water partition coefficient (Wildman–Crippen LogP) is 2.82. The number of nitro groups is 1. The Morgan fingerprint density at radius 1 is 1.20 bits per heavy atom. The predicted molar refractivity (Wildman–Crippen MR) is 74.0 cm³/mol. The number of rotatable bonds is 4. The topological polar surface area (TPSA) is 86.7 Å². The van der Waals surface area contributed by atoms with Gasteiger partial charge in [0, 0.05) is 17.7 Å². The van der Waals surface area contributed by atoms with E-state index >= 15 is 0 Å². The first-order chi connectivity index (χ1) is 9.38. The first kappa shape index (κ1) is 14.1. The molecule has 0 unspecified atom stereocenters. The molecule has 0 atom stereocenters. The highest BCUT2D eigenvalue weighted by atomic mass is 16.6. The molecule has 0 saturated heterocycles. The summed E-state index contributed by atoms with van der Waals surface area (Å²) >= 11 is 0. The van der Waals surface area contributed by atoms with Crippen LogP contribution in [0.5, 0.6) is 0 Å². The summed E-state index contributed by atoms with van der Waals surface area (Å²) in [6.07, 6.45) is 1.54. The standard InChI is InChI=1S/C13H17N5O2/c1-8(2)10-7-12(15-13(14-10)9(3)4)17-6-5-11(16-17)18(19)20/h5-9H,1-4H3. The minimum Gasteiger partial charge on any atom is -0.358 e. The van der Waals surface area contributed by atoms with Crippen LogP contribution in [0.4, 0.5) is 5.82 Å². The maximum atomic E-state index is 10.7. The van der Waals surface area contributed by atoms with Gasteiger partial charge in [-0.1, -0.05) is 27.7 Å². The van der Waals surface area contributed by atoms with Crippen molar-refractivity contribution in [3.63, 3.8) is 0 Å². The van der Waals surface area contributed by atoms with E-state index in [2.05, 4.69) is 15.1 Å². The van der Waals surface area contributed by atoms with Crippen molar-refractivity contribution in [1.82, 2.24) is 19.7 Å². The van der Waals surface area contributed by atoms with Gasteiger partial charge in [0.15, 0.2) is 5.82 Å². The second-order valence-electron chi connectivity index (χ2n) is 5.19. The second-order valence-corrected chi connectivity index (χ2v) is 5.19. The van der Waals surface area contributed by atoms with Gasteiger partial charge in [-0.3, -0.25) is 0 Å². The fourth-order valence-electron chi connectivity index (χ4n) is 1.68. The average Bonchev–Trinajstić information content (AvgIpc) is 2.87. The molecule has 7 heteroatoms. The van der Waals surface area contributed by atoms with Crippen LogP contribution in [0.1, 0.15) is 51.0 Å². The van der Waals surface area contributed by atoms with Gasteiger partial charge >= 0.3 is 5.82 Å². The maximum absolute atomic E-state index is 10.7. The molecule has 0 radical (unpaired) electrons. The van der Waals surface area contributed by atoms with Gasteiger partial charge in [-0.15, -0.1) is 4.68 Å². The molecule has 0 amide bonds. The normalized spacial score (nSPS) is 11.3. The molecule has 0 aliphatic rings. The molecule has 0 fully saturated rings. The van der Waals surface area contributed by atoms with Gasteiger partial charge in [-0.2, -0.15) is 0 Å². The molecule has 0 aromatic carbocycles. The fraction of sp³-hybridized carbons (Fsp3) is 0.462. The third kappa shape index (κ3) is 2.81. The van der Waals surface area contributed by atoms with Crippen LogP contribution in [0.25, 0.3) is 5.82 Å². The van der Waals surface area contributed by atoms with E-state index in [9.17, 15) is 10.1 Å². The molecule has 0 saturated carbocycles. The zero-order valence-electron chi connectivity index (χ0n) is 11.9. The summed E-state index contributed by atoms with van der Waals surface area (Å²) in [5.41, 5.74) is 0.900.